The summed E-state index contributed by atoms with van der Waals surface area (Å²) in [5.74, 6) is 0.193. The number of amides is 1. The highest BCUT2D eigenvalue weighted by atomic mass is 19.1. The molecule has 9 heteroatoms. The molecule has 0 bridgehead atoms. The van der Waals surface area contributed by atoms with Gasteiger partial charge in [0.25, 0.3) is 5.56 Å². The van der Waals surface area contributed by atoms with Crippen molar-refractivity contribution in [2.75, 3.05) is 20.2 Å². The summed E-state index contributed by atoms with van der Waals surface area (Å²) in [5.41, 5.74) is 2.24. The molecule has 1 amide bonds. The van der Waals surface area contributed by atoms with E-state index in [1.54, 1.807) is 43.5 Å². The van der Waals surface area contributed by atoms with Gasteiger partial charge < -0.3 is 10.1 Å². The second-order valence-corrected chi connectivity index (χ2v) is 10.5. The van der Waals surface area contributed by atoms with Crippen molar-refractivity contribution in [3.05, 3.63) is 76.5 Å². The van der Waals surface area contributed by atoms with Crippen LogP contribution >= 0.6 is 0 Å². The van der Waals surface area contributed by atoms with Gasteiger partial charge in [-0.1, -0.05) is 24.6 Å². The number of carbonyl (C=O) groups excluding carboxylic acids is 1. The maximum absolute atomic E-state index is 15.0. The van der Waals surface area contributed by atoms with Gasteiger partial charge in [0, 0.05) is 23.7 Å². The first-order chi connectivity index (χ1) is 19.3. The minimum Gasteiger partial charge on any atom is -0.497 e. The summed E-state index contributed by atoms with van der Waals surface area (Å²) >= 11 is 0. The number of methoxy groups -OCH3 is 1. The summed E-state index contributed by atoms with van der Waals surface area (Å²) in [6.45, 7) is 6.30. The zero-order chi connectivity index (χ0) is 28.2. The molecule has 1 N–H and O–H groups in total. The minimum absolute atomic E-state index is 0.0899. The average Bonchev–Trinajstić information content (AvgIpc) is 2.95. The lowest BCUT2D eigenvalue weighted by Gasteiger charge is -2.26. The molecule has 8 nitrogen and oxygen atoms in total. The molecule has 1 fully saturated rings. The van der Waals surface area contributed by atoms with Crippen LogP contribution in [0.25, 0.3) is 33.5 Å². The third kappa shape index (κ3) is 6.04. The normalized spacial score (nSPS) is 14.0. The van der Waals surface area contributed by atoms with E-state index in [2.05, 4.69) is 15.2 Å². The van der Waals surface area contributed by atoms with Gasteiger partial charge in [-0.15, -0.1) is 0 Å². The molecule has 4 aromatic rings. The van der Waals surface area contributed by atoms with Crippen molar-refractivity contribution in [1.29, 1.82) is 0 Å². The van der Waals surface area contributed by atoms with Crippen molar-refractivity contribution in [2.45, 2.75) is 52.2 Å². The number of pyridine rings is 1. The number of halogens is 1. The van der Waals surface area contributed by atoms with Crippen LogP contribution in [0.5, 0.6) is 5.75 Å². The van der Waals surface area contributed by atoms with Gasteiger partial charge in [-0.2, -0.15) is 0 Å². The van der Waals surface area contributed by atoms with Crippen molar-refractivity contribution in [3.8, 4) is 28.4 Å². The van der Waals surface area contributed by atoms with Gasteiger partial charge in [0.1, 0.15) is 23.9 Å². The maximum Gasteiger partial charge on any atom is 0.262 e. The molecule has 0 radical (unpaired) electrons. The summed E-state index contributed by atoms with van der Waals surface area (Å²) in [6.07, 6.45) is 5.08. The predicted octanol–water partition coefficient (Wildman–Crippen LogP) is 4.78. The minimum atomic E-state index is -0.410. The summed E-state index contributed by atoms with van der Waals surface area (Å²) in [7, 11) is 1.56. The Bertz CT molecular complexity index is 1590. The summed E-state index contributed by atoms with van der Waals surface area (Å²) < 4.78 is 21.8. The molecule has 2 aromatic carbocycles. The topological polar surface area (TPSA) is 89.4 Å². The molecule has 2 aromatic heterocycles. The number of hydrogen-bond donors (Lipinski definition) is 1. The van der Waals surface area contributed by atoms with Crippen molar-refractivity contribution in [1.82, 2.24) is 24.8 Å². The first kappa shape index (κ1) is 27.5. The van der Waals surface area contributed by atoms with E-state index in [1.165, 1.54) is 36.1 Å². The number of likely N-dealkylation sites (tertiary alicyclic amines) is 1. The Balaban J connectivity index is 1.59. The van der Waals surface area contributed by atoms with Crippen LogP contribution in [0.1, 0.15) is 38.7 Å². The number of ether oxygens (including phenoxy) is 1. The molecule has 1 aliphatic rings. The van der Waals surface area contributed by atoms with E-state index in [1.807, 2.05) is 19.9 Å². The number of nitrogens with one attached hydrogen (secondary N) is 1. The fraction of sp³-hybridized carbons (Fsp3) is 0.355. The molecule has 0 unspecified atom stereocenters. The van der Waals surface area contributed by atoms with Crippen molar-refractivity contribution in [3.63, 3.8) is 0 Å². The van der Waals surface area contributed by atoms with Crippen LogP contribution in [0.3, 0.4) is 0 Å². The number of rotatable bonds is 8. The number of hydrogen-bond acceptors (Lipinski definition) is 6. The van der Waals surface area contributed by atoms with Crippen LogP contribution in [0.2, 0.25) is 0 Å². The highest BCUT2D eigenvalue weighted by Crippen LogP contribution is 2.27. The van der Waals surface area contributed by atoms with Gasteiger partial charge >= 0.3 is 0 Å². The summed E-state index contributed by atoms with van der Waals surface area (Å²) in [6, 6.07) is 13.7. The van der Waals surface area contributed by atoms with E-state index in [0.29, 0.717) is 33.9 Å². The monoisotopic (exact) mass is 543 g/mol. The number of aromatic nitrogens is 3. The van der Waals surface area contributed by atoms with Gasteiger partial charge in [-0.25, -0.2) is 9.37 Å². The third-order valence-corrected chi connectivity index (χ3v) is 7.08. The highest BCUT2D eigenvalue weighted by Gasteiger charge is 2.19. The fourth-order valence-corrected chi connectivity index (χ4v) is 5.16. The summed E-state index contributed by atoms with van der Waals surface area (Å²) in [4.78, 5) is 38.2. The first-order valence-corrected chi connectivity index (χ1v) is 13.7. The molecule has 1 saturated heterocycles. The van der Waals surface area contributed by atoms with Crippen LogP contribution in [-0.2, 0) is 17.9 Å². The highest BCUT2D eigenvalue weighted by molar-refractivity contribution is 5.84. The quantitative estimate of drug-likeness (QED) is 0.344. The molecule has 3 heterocycles. The predicted molar refractivity (Wildman–Crippen MR) is 154 cm³/mol. The van der Waals surface area contributed by atoms with Crippen molar-refractivity contribution < 1.29 is 13.9 Å². The van der Waals surface area contributed by atoms with E-state index in [9.17, 15) is 9.59 Å². The lowest BCUT2D eigenvalue weighted by atomic mass is 10.0. The molecule has 5 rings (SSSR count). The van der Waals surface area contributed by atoms with Crippen LogP contribution in [0, 0.1) is 5.82 Å². The van der Waals surface area contributed by atoms with E-state index in [4.69, 9.17) is 9.72 Å². The second kappa shape index (κ2) is 12.0. The average molecular weight is 544 g/mol. The molecule has 0 spiro atoms. The van der Waals surface area contributed by atoms with Gasteiger partial charge in [-0.3, -0.25) is 24.0 Å². The standard InChI is InChI=1S/C31H34FN5O3/c1-20(2)34-29(38)19-37-30(22-8-7-9-23(15-22)40-3)35-28-17-33-27(16-25(28)31(37)39)24-14-21(10-11-26(24)32)18-36-12-5-4-6-13-36/h7-11,14-17,20H,4-6,12-13,18-19H2,1-3H3,(H,34,38). The fourth-order valence-electron chi connectivity index (χ4n) is 5.16. The van der Waals surface area contributed by atoms with E-state index < -0.39 is 11.4 Å². The van der Waals surface area contributed by atoms with Gasteiger partial charge in [-0.05, 0) is 75.7 Å². The Morgan fingerprint density at radius 3 is 2.65 bits per heavy atom. The second-order valence-electron chi connectivity index (χ2n) is 10.5. The lowest BCUT2D eigenvalue weighted by molar-refractivity contribution is -0.122. The lowest BCUT2D eigenvalue weighted by Crippen LogP contribution is -2.37. The Labute approximate surface area is 232 Å². The number of benzene rings is 2. The smallest absolute Gasteiger partial charge is 0.262 e. The number of nitrogens with zero attached hydrogens (tertiary/aromatic N) is 4. The van der Waals surface area contributed by atoms with E-state index >= 15 is 4.39 Å². The molecule has 0 saturated carbocycles. The van der Waals surface area contributed by atoms with Crippen molar-refractivity contribution in [2.24, 2.45) is 0 Å². The van der Waals surface area contributed by atoms with Crippen LogP contribution in [0.4, 0.5) is 4.39 Å². The van der Waals surface area contributed by atoms with Gasteiger partial charge in [0.2, 0.25) is 5.91 Å². The SMILES string of the molecule is COc1cccc(-c2nc3cnc(-c4cc(CN5CCCCC5)ccc4F)cc3c(=O)n2CC(=O)NC(C)C)c1. The van der Waals surface area contributed by atoms with E-state index in [-0.39, 0.29) is 23.9 Å². The first-order valence-electron chi connectivity index (χ1n) is 13.7. The largest absolute Gasteiger partial charge is 0.497 e. The molecule has 208 valence electrons. The number of carbonyl (C=O) groups is 1. The molecule has 0 aliphatic carbocycles. The van der Waals surface area contributed by atoms with Crippen LogP contribution in [0.15, 0.2) is 59.5 Å². The van der Waals surface area contributed by atoms with Crippen LogP contribution < -0.4 is 15.6 Å². The molecular weight excluding hydrogens is 509 g/mol. The van der Waals surface area contributed by atoms with Crippen LogP contribution in [-0.4, -0.2) is 51.6 Å². The zero-order valence-corrected chi connectivity index (χ0v) is 23.1. The molecule has 0 atom stereocenters. The molecular formula is C31H34FN5O3. The van der Waals surface area contributed by atoms with Gasteiger partial charge in [0.05, 0.1) is 29.9 Å². The Morgan fingerprint density at radius 2 is 1.90 bits per heavy atom. The van der Waals surface area contributed by atoms with Crippen molar-refractivity contribution >= 4 is 16.8 Å². The Kier molecular flexibility index (Phi) is 8.21. The molecule has 1 aliphatic heterocycles. The Hall–Kier alpha value is -4.11. The maximum atomic E-state index is 15.0. The van der Waals surface area contributed by atoms with Gasteiger partial charge in [0.15, 0.2) is 0 Å². The number of fused-ring (bicyclic) bond motifs is 1. The zero-order valence-electron chi connectivity index (χ0n) is 23.1. The number of piperidine rings is 1. The Morgan fingerprint density at radius 1 is 1.10 bits per heavy atom. The summed E-state index contributed by atoms with van der Waals surface area (Å²) in [5, 5.41) is 3.09. The van der Waals surface area contributed by atoms with E-state index in [0.717, 1.165) is 25.2 Å². The molecule has 40 heavy (non-hydrogen) atoms. The third-order valence-electron chi connectivity index (χ3n) is 7.08.